The molecule has 0 aliphatic carbocycles. The molecule has 4 heterocycles. The normalized spacial score (nSPS) is 29.0. The third kappa shape index (κ3) is 4.37. The van der Waals surface area contributed by atoms with Gasteiger partial charge >= 0.3 is 0 Å². The van der Waals surface area contributed by atoms with Crippen molar-refractivity contribution in [2.75, 3.05) is 13.1 Å². The number of hydrogen-bond acceptors (Lipinski definition) is 5. The topological polar surface area (TPSA) is 93.1 Å². The van der Waals surface area contributed by atoms with Gasteiger partial charge in [0.2, 0.25) is 0 Å². The summed E-state index contributed by atoms with van der Waals surface area (Å²) in [6.45, 7) is 5.66. The first-order chi connectivity index (χ1) is 17.7. The lowest BCUT2D eigenvalue weighted by molar-refractivity contribution is 0.0286. The van der Waals surface area contributed by atoms with E-state index < -0.39 is 6.10 Å². The Balaban J connectivity index is 1.19. The summed E-state index contributed by atoms with van der Waals surface area (Å²) >= 11 is 0. The average Bonchev–Trinajstić information content (AvgIpc) is 3.16. The minimum atomic E-state index is -0.680. The predicted octanol–water partition coefficient (Wildman–Crippen LogP) is 2.62. The monoisotopic (exact) mass is 503 g/mol. The zero-order chi connectivity index (χ0) is 25.9. The van der Waals surface area contributed by atoms with Gasteiger partial charge in [-0.05, 0) is 67.0 Å². The third-order valence-electron chi connectivity index (χ3n) is 9.03. The van der Waals surface area contributed by atoms with Gasteiger partial charge in [0.05, 0.1) is 12.2 Å². The number of aliphatic hydroxyl groups is 2. The number of nitrogens with zero attached hydrogens (tertiary/aromatic N) is 2. The lowest BCUT2D eigenvalue weighted by Gasteiger charge is -2.42. The van der Waals surface area contributed by atoms with Crippen molar-refractivity contribution in [3.63, 3.8) is 0 Å². The van der Waals surface area contributed by atoms with Gasteiger partial charge in [0.25, 0.3) is 11.8 Å². The highest BCUT2D eigenvalue weighted by molar-refractivity contribution is 6.00. The highest BCUT2D eigenvalue weighted by atomic mass is 16.3. The van der Waals surface area contributed by atoms with Crippen LogP contribution < -0.4 is 5.32 Å². The Morgan fingerprint density at radius 3 is 2.54 bits per heavy atom. The molecule has 2 aromatic rings. The molecule has 2 amide bonds. The molecule has 4 aliphatic heterocycles. The second kappa shape index (κ2) is 9.22. The number of β-amino-alcohol motifs (C(OH)–C–C–N with tert-alkyl or cyclic N) is 1. The molecule has 2 saturated heterocycles. The Morgan fingerprint density at radius 1 is 1.11 bits per heavy atom. The van der Waals surface area contributed by atoms with E-state index in [9.17, 15) is 19.8 Å². The van der Waals surface area contributed by atoms with Crippen LogP contribution in [0.2, 0.25) is 0 Å². The first kappa shape index (κ1) is 24.6. The van der Waals surface area contributed by atoms with Crippen LogP contribution in [0.3, 0.4) is 0 Å². The molecule has 37 heavy (non-hydrogen) atoms. The van der Waals surface area contributed by atoms with Crippen LogP contribution in [-0.2, 0) is 18.4 Å². The maximum Gasteiger partial charge on any atom is 0.254 e. The molecule has 6 rings (SSSR count). The van der Waals surface area contributed by atoms with Crippen molar-refractivity contribution >= 4 is 11.8 Å². The molecule has 196 valence electrons. The molecule has 2 bridgehead atoms. The summed E-state index contributed by atoms with van der Waals surface area (Å²) in [6.07, 6.45) is 2.93. The number of carbonyl (C=O) groups is 2. The molecule has 1 unspecified atom stereocenters. The van der Waals surface area contributed by atoms with Gasteiger partial charge in [-0.3, -0.25) is 9.59 Å². The van der Waals surface area contributed by atoms with Crippen molar-refractivity contribution in [3.8, 4) is 0 Å². The smallest absolute Gasteiger partial charge is 0.254 e. The Labute approximate surface area is 218 Å². The lowest BCUT2D eigenvalue weighted by Crippen LogP contribution is -2.54. The molecule has 0 aromatic heterocycles. The maximum atomic E-state index is 13.5. The van der Waals surface area contributed by atoms with Crippen LogP contribution in [0.1, 0.15) is 76.9 Å². The third-order valence-corrected chi connectivity index (χ3v) is 9.03. The Bertz CT molecular complexity index is 1210. The van der Waals surface area contributed by atoms with E-state index in [1.807, 2.05) is 23.1 Å². The molecule has 4 aliphatic rings. The van der Waals surface area contributed by atoms with Gasteiger partial charge in [0.1, 0.15) is 0 Å². The minimum Gasteiger partial charge on any atom is -0.393 e. The molecule has 3 N–H and O–H groups in total. The van der Waals surface area contributed by atoms with Crippen LogP contribution in [0.15, 0.2) is 42.5 Å². The molecule has 0 spiro atoms. The first-order valence-electron chi connectivity index (χ1n) is 13.6. The second-order valence-electron chi connectivity index (χ2n) is 12.1. The van der Waals surface area contributed by atoms with Crippen molar-refractivity contribution in [2.45, 2.75) is 88.2 Å². The van der Waals surface area contributed by atoms with E-state index in [-0.39, 0.29) is 48.0 Å². The fourth-order valence-electron chi connectivity index (χ4n) is 7.11. The number of hydrogen-bond donors (Lipinski definition) is 3. The lowest BCUT2D eigenvalue weighted by atomic mass is 9.77. The summed E-state index contributed by atoms with van der Waals surface area (Å²) in [5, 5.41) is 24.7. The number of benzene rings is 2. The standard InChI is InChI=1S/C30H37N3O4/c1-30(2)17-32(16-27(35)26-12-18-5-3-4-6-20(18)15-31-26)29(37)24-10-7-19(11-25(24)30)28(36)33-21-8-9-22(33)14-23(34)13-21/h3-7,10-11,21-23,26-27,31,34-35H,8-9,12-17H2,1-2H3/t21-,22+,23?,26-,27-/m0/s1. The van der Waals surface area contributed by atoms with Crippen molar-refractivity contribution in [2.24, 2.45) is 0 Å². The number of amides is 2. The van der Waals surface area contributed by atoms with Crippen molar-refractivity contribution in [3.05, 3.63) is 70.3 Å². The van der Waals surface area contributed by atoms with Crippen molar-refractivity contribution in [1.29, 1.82) is 0 Å². The predicted molar refractivity (Wildman–Crippen MR) is 140 cm³/mol. The van der Waals surface area contributed by atoms with Crippen LogP contribution in [0, 0.1) is 0 Å². The summed E-state index contributed by atoms with van der Waals surface area (Å²) < 4.78 is 0. The van der Waals surface area contributed by atoms with Gasteiger partial charge in [-0.15, -0.1) is 0 Å². The van der Waals surface area contributed by atoms with Gasteiger partial charge in [0, 0.05) is 54.3 Å². The zero-order valence-electron chi connectivity index (χ0n) is 21.7. The molecule has 2 aromatic carbocycles. The molecular formula is C30H37N3O4. The van der Waals surface area contributed by atoms with Gasteiger partial charge < -0.3 is 25.3 Å². The summed E-state index contributed by atoms with van der Waals surface area (Å²) in [4.78, 5) is 30.8. The van der Waals surface area contributed by atoms with Crippen LogP contribution in [0.4, 0.5) is 0 Å². The van der Waals surface area contributed by atoms with E-state index in [2.05, 4.69) is 31.3 Å². The minimum absolute atomic E-state index is 0.00644. The van der Waals surface area contributed by atoms with E-state index in [0.717, 1.165) is 24.8 Å². The van der Waals surface area contributed by atoms with Crippen LogP contribution in [-0.4, -0.2) is 75.3 Å². The van der Waals surface area contributed by atoms with Gasteiger partial charge in [-0.2, -0.15) is 0 Å². The molecular weight excluding hydrogens is 466 g/mol. The number of nitrogens with one attached hydrogen (secondary N) is 1. The average molecular weight is 504 g/mol. The van der Waals surface area contributed by atoms with Crippen LogP contribution >= 0.6 is 0 Å². The Hall–Kier alpha value is -2.74. The number of fused-ring (bicyclic) bond motifs is 4. The summed E-state index contributed by atoms with van der Waals surface area (Å²) in [7, 11) is 0. The van der Waals surface area contributed by atoms with Gasteiger partial charge in [-0.1, -0.05) is 38.1 Å². The van der Waals surface area contributed by atoms with Crippen molar-refractivity contribution < 1.29 is 19.8 Å². The number of rotatable bonds is 4. The highest BCUT2D eigenvalue weighted by Gasteiger charge is 2.44. The second-order valence-corrected chi connectivity index (χ2v) is 12.1. The molecule has 0 saturated carbocycles. The summed E-state index contributed by atoms with van der Waals surface area (Å²) in [5.41, 5.74) is 4.26. The molecule has 2 fully saturated rings. The highest BCUT2D eigenvalue weighted by Crippen LogP contribution is 2.39. The maximum absolute atomic E-state index is 13.5. The SMILES string of the molecule is CC1(C)CN(C[C@H](O)[C@@H]2Cc3ccccc3CN2)C(=O)c2ccc(C(=O)N3[C@@H]4CC[C@H]3CC(O)C4)cc21. The molecule has 5 atom stereocenters. The molecule has 7 heteroatoms. The van der Waals surface area contributed by atoms with Gasteiger partial charge in [-0.25, -0.2) is 0 Å². The summed E-state index contributed by atoms with van der Waals surface area (Å²) in [6, 6.07) is 13.9. The van der Waals surface area contributed by atoms with Crippen LogP contribution in [0.25, 0.3) is 0 Å². The Morgan fingerprint density at radius 2 is 1.81 bits per heavy atom. The first-order valence-corrected chi connectivity index (χ1v) is 13.6. The van der Waals surface area contributed by atoms with E-state index in [4.69, 9.17) is 0 Å². The zero-order valence-corrected chi connectivity index (χ0v) is 21.7. The number of aliphatic hydroxyl groups excluding tert-OH is 2. The van der Waals surface area contributed by atoms with E-state index in [0.29, 0.717) is 37.1 Å². The largest absolute Gasteiger partial charge is 0.393 e. The quantitative estimate of drug-likeness (QED) is 0.597. The Kier molecular flexibility index (Phi) is 6.13. The van der Waals surface area contributed by atoms with Gasteiger partial charge in [0.15, 0.2) is 0 Å². The van der Waals surface area contributed by atoms with E-state index in [1.54, 1.807) is 17.0 Å². The summed E-state index contributed by atoms with van der Waals surface area (Å²) in [5.74, 6) is -0.0864. The fourth-order valence-corrected chi connectivity index (χ4v) is 7.11. The fraction of sp³-hybridized carbons (Fsp3) is 0.533. The number of carbonyl (C=O) groups excluding carboxylic acids is 2. The van der Waals surface area contributed by atoms with Crippen molar-refractivity contribution in [1.82, 2.24) is 15.1 Å². The van der Waals surface area contributed by atoms with E-state index >= 15 is 0 Å². The van der Waals surface area contributed by atoms with E-state index in [1.165, 1.54) is 11.1 Å². The van der Waals surface area contributed by atoms with Crippen LogP contribution in [0.5, 0.6) is 0 Å². The number of piperidine rings is 1. The molecule has 7 nitrogen and oxygen atoms in total. The molecule has 0 radical (unpaired) electrons.